The van der Waals surface area contributed by atoms with Crippen molar-refractivity contribution in [1.29, 1.82) is 0 Å². The van der Waals surface area contributed by atoms with Crippen LogP contribution in [0.5, 0.6) is 0 Å². The summed E-state index contributed by atoms with van der Waals surface area (Å²) in [5, 5.41) is 3.40. The van der Waals surface area contributed by atoms with Crippen molar-refractivity contribution < 1.29 is 8.42 Å². The first kappa shape index (κ1) is 13.3. The summed E-state index contributed by atoms with van der Waals surface area (Å²) in [5.74, 6) is 0.293. The van der Waals surface area contributed by atoms with Crippen molar-refractivity contribution in [3.63, 3.8) is 0 Å². The summed E-state index contributed by atoms with van der Waals surface area (Å²) in [6.07, 6.45) is 5.06. The summed E-state index contributed by atoms with van der Waals surface area (Å²) in [6, 6.07) is 0.166. The van der Waals surface area contributed by atoms with Crippen molar-refractivity contribution in [1.82, 2.24) is 10.2 Å². The molecule has 4 nitrogen and oxygen atoms in total. The minimum Gasteiger partial charge on any atom is -0.317 e. The van der Waals surface area contributed by atoms with Crippen LogP contribution in [0.25, 0.3) is 0 Å². The highest BCUT2D eigenvalue weighted by atomic mass is 32.2. The molecule has 2 aliphatic rings. The minimum absolute atomic E-state index is 0.166. The van der Waals surface area contributed by atoms with Gasteiger partial charge < -0.3 is 5.32 Å². The molecule has 2 aliphatic heterocycles. The van der Waals surface area contributed by atoms with Crippen LogP contribution in [0, 0.1) is 5.41 Å². The largest absolute Gasteiger partial charge is 0.317 e. The smallest absolute Gasteiger partial charge is 0.148 e. The van der Waals surface area contributed by atoms with Crippen LogP contribution < -0.4 is 5.32 Å². The van der Waals surface area contributed by atoms with Gasteiger partial charge in [0.15, 0.2) is 0 Å². The van der Waals surface area contributed by atoms with E-state index in [2.05, 4.69) is 10.2 Å². The molecule has 1 atom stereocenters. The Labute approximate surface area is 105 Å². The van der Waals surface area contributed by atoms with E-state index < -0.39 is 9.84 Å². The van der Waals surface area contributed by atoms with Crippen molar-refractivity contribution in [2.75, 3.05) is 38.2 Å². The summed E-state index contributed by atoms with van der Waals surface area (Å²) in [6.45, 7) is 6.44. The summed E-state index contributed by atoms with van der Waals surface area (Å²) < 4.78 is 22.7. The average Bonchev–Trinajstić information content (AvgIpc) is 2.61. The second kappa shape index (κ2) is 4.86. The first-order chi connectivity index (χ1) is 7.90. The third kappa shape index (κ3) is 3.42. The van der Waals surface area contributed by atoms with Gasteiger partial charge in [-0.1, -0.05) is 0 Å². The highest BCUT2D eigenvalue weighted by Crippen LogP contribution is 2.39. The molecular formula is C12H24N2O2S. The van der Waals surface area contributed by atoms with Crippen molar-refractivity contribution in [3.05, 3.63) is 0 Å². The number of sulfone groups is 1. The molecule has 0 aromatic carbocycles. The third-order valence-corrected chi connectivity index (χ3v) is 5.39. The lowest BCUT2D eigenvalue weighted by atomic mass is 9.78. The number of nitrogens with zero attached hydrogens (tertiary/aromatic N) is 1. The number of rotatable bonds is 3. The summed E-state index contributed by atoms with van der Waals surface area (Å²) in [5.41, 5.74) is 0.469. The van der Waals surface area contributed by atoms with E-state index in [9.17, 15) is 8.42 Å². The topological polar surface area (TPSA) is 49.4 Å². The Hall–Kier alpha value is -0.130. The van der Waals surface area contributed by atoms with E-state index in [1.54, 1.807) is 0 Å². The highest BCUT2D eigenvalue weighted by molar-refractivity contribution is 7.90. The second-order valence-electron chi connectivity index (χ2n) is 5.91. The lowest BCUT2D eigenvalue weighted by molar-refractivity contribution is 0.181. The van der Waals surface area contributed by atoms with Gasteiger partial charge in [0.05, 0.1) is 5.75 Å². The van der Waals surface area contributed by atoms with Crippen LogP contribution in [-0.4, -0.2) is 57.5 Å². The maximum absolute atomic E-state index is 11.3. The van der Waals surface area contributed by atoms with E-state index in [1.807, 2.05) is 6.92 Å². The fourth-order valence-corrected chi connectivity index (χ4v) is 4.34. The van der Waals surface area contributed by atoms with Crippen molar-refractivity contribution in [2.24, 2.45) is 5.41 Å². The molecule has 5 heteroatoms. The molecule has 0 aromatic heterocycles. The minimum atomic E-state index is -2.86. The average molecular weight is 260 g/mol. The van der Waals surface area contributed by atoms with Gasteiger partial charge in [-0.2, -0.15) is 0 Å². The molecular weight excluding hydrogens is 236 g/mol. The fourth-order valence-electron chi connectivity index (χ4n) is 3.25. The standard InChI is InChI=1S/C12H24N2O2S/c1-11(9-17(2,15)16)14-8-5-12(10-14)3-6-13-7-4-12/h11,13H,3-10H2,1-2H3. The zero-order chi connectivity index (χ0) is 12.5. The van der Waals surface area contributed by atoms with Gasteiger partial charge in [0.2, 0.25) is 0 Å². The SMILES string of the molecule is CC(CS(C)(=O)=O)N1CCC2(CCNCC2)C1. The summed E-state index contributed by atoms with van der Waals surface area (Å²) >= 11 is 0. The molecule has 100 valence electrons. The van der Waals surface area contributed by atoms with Gasteiger partial charge in [-0.15, -0.1) is 0 Å². The number of hydrogen-bond acceptors (Lipinski definition) is 4. The van der Waals surface area contributed by atoms with E-state index in [4.69, 9.17) is 0 Å². The molecule has 17 heavy (non-hydrogen) atoms. The van der Waals surface area contributed by atoms with E-state index in [0.717, 1.165) is 26.2 Å². The normalized spacial score (nSPS) is 27.4. The maximum Gasteiger partial charge on any atom is 0.148 e. The van der Waals surface area contributed by atoms with Gasteiger partial charge in [-0.3, -0.25) is 4.90 Å². The van der Waals surface area contributed by atoms with E-state index in [-0.39, 0.29) is 6.04 Å². The Morgan fingerprint density at radius 3 is 2.53 bits per heavy atom. The van der Waals surface area contributed by atoms with Crippen LogP contribution in [0.3, 0.4) is 0 Å². The molecule has 2 saturated heterocycles. The van der Waals surface area contributed by atoms with Crippen LogP contribution in [0.1, 0.15) is 26.2 Å². The van der Waals surface area contributed by atoms with Crippen LogP contribution in [0.15, 0.2) is 0 Å². The van der Waals surface area contributed by atoms with Gasteiger partial charge in [0.1, 0.15) is 9.84 Å². The van der Waals surface area contributed by atoms with Gasteiger partial charge in [0, 0.05) is 18.8 Å². The highest BCUT2D eigenvalue weighted by Gasteiger charge is 2.40. The summed E-state index contributed by atoms with van der Waals surface area (Å²) in [4.78, 5) is 2.37. The molecule has 1 spiro atoms. The zero-order valence-corrected chi connectivity index (χ0v) is 11.7. The van der Waals surface area contributed by atoms with Crippen molar-refractivity contribution >= 4 is 9.84 Å². The number of hydrogen-bond donors (Lipinski definition) is 1. The van der Waals surface area contributed by atoms with Gasteiger partial charge in [-0.25, -0.2) is 8.42 Å². The molecule has 1 unspecified atom stereocenters. The predicted octanol–water partition coefficient (Wildman–Crippen LogP) is 0.495. The Morgan fingerprint density at radius 1 is 1.29 bits per heavy atom. The number of nitrogens with one attached hydrogen (secondary N) is 1. The Balaban J connectivity index is 1.92. The van der Waals surface area contributed by atoms with E-state index in [1.165, 1.54) is 25.5 Å². The zero-order valence-electron chi connectivity index (χ0n) is 10.9. The molecule has 2 fully saturated rings. The number of piperidine rings is 1. The van der Waals surface area contributed by atoms with Gasteiger partial charge in [-0.05, 0) is 51.2 Å². The fraction of sp³-hybridized carbons (Fsp3) is 1.00. The molecule has 0 aromatic rings. The van der Waals surface area contributed by atoms with E-state index in [0.29, 0.717) is 11.2 Å². The Morgan fingerprint density at radius 2 is 1.94 bits per heavy atom. The van der Waals surface area contributed by atoms with E-state index >= 15 is 0 Å². The Bertz CT molecular complexity index is 361. The number of likely N-dealkylation sites (tertiary alicyclic amines) is 1. The first-order valence-electron chi connectivity index (χ1n) is 6.53. The molecule has 0 radical (unpaired) electrons. The first-order valence-corrected chi connectivity index (χ1v) is 8.59. The van der Waals surface area contributed by atoms with Crippen molar-refractivity contribution in [2.45, 2.75) is 32.2 Å². The maximum atomic E-state index is 11.3. The quantitative estimate of drug-likeness (QED) is 0.802. The molecule has 0 bridgehead atoms. The van der Waals surface area contributed by atoms with Crippen molar-refractivity contribution in [3.8, 4) is 0 Å². The van der Waals surface area contributed by atoms with Gasteiger partial charge >= 0.3 is 0 Å². The lowest BCUT2D eigenvalue weighted by Gasteiger charge is -2.34. The molecule has 2 rings (SSSR count). The van der Waals surface area contributed by atoms with Crippen LogP contribution in [0.2, 0.25) is 0 Å². The van der Waals surface area contributed by atoms with Gasteiger partial charge in [0.25, 0.3) is 0 Å². The lowest BCUT2D eigenvalue weighted by Crippen LogP contribution is -2.41. The predicted molar refractivity (Wildman–Crippen MR) is 69.9 cm³/mol. The van der Waals surface area contributed by atoms with Crippen LogP contribution in [0.4, 0.5) is 0 Å². The second-order valence-corrected chi connectivity index (χ2v) is 8.10. The third-order valence-electron chi connectivity index (χ3n) is 4.30. The molecule has 0 aliphatic carbocycles. The van der Waals surface area contributed by atoms with Crippen LogP contribution in [-0.2, 0) is 9.84 Å². The monoisotopic (exact) mass is 260 g/mol. The molecule has 1 N–H and O–H groups in total. The molecule has 2 heterocycles. The van der Waals surface area contributed by atoms with Crippen LogP contribution >= 0.6 is 0 Å². The summed E-state index contributed by atoms with van der Waals surface area (Å²) in [7, 11) is -2.86. The Kier molecular flexibility index (Phi) is 3.80. The molecule has 0 amide bonds. The molecule has 0 saturated carbocycles.